The van der Waals surface area contributed by atoms with Crippen molar-refractivity contribution >= 4 is 14.3 Å². The Balaban J connectivity index is 5.35. The second kappa shape index (κ2) is 13.7. The molecular weight excluding hydrogens is 316 g/mol. The molecular formula is C20H40O3Si. The zero-order valence-corrected chi connectivity index (χ0v) is 18.0. The van der Waals surface area contributed by atoms with Gasteiger partial charge in [0, 0.05) is 0 Å². The lowest BCUT2D eigenvalue weighted by Gasteiger charge is -2.34. The first kappa shape index (κ1) is 23.4. The van der Waals surface area contributed by atoms with Gasteiger partial charge >= 0.3 is 5.97 Å². The van der Waals surface area contributed by atoms with Gasteiger partial charge in [0.15, 0.2) is 8.32 Å². The first-order chi connectivity index (χ1) is 11.5. The van der Waals surface area contributed by atoms with Crippen molar-refractivity contribution in [2.75, 3.05) is 7.11 Å². The van der Waals surface area contributed by atoms with Crippen molar-refractivity contribution in [2.45, 2.75) is 104 Å². The fourth-order valence-corrected chi connectivity index (χ4v) is 5.95. The Kier molecular flexibility index (Phi) is 13.3. The number of allylic oxidation sites excluding steroid dienone is 1. The molecule has 1 atom stereocenters. The number of hydrogen-bond donors (Lipinski definition) is 0. The molecule has 0 rings (SSSR count). The highest BCUT2D eigenvalue weighted by molar-refractivity contribution is 6.73. The van der Waals surface area contributed by atoms with Crippen LogP contribution in [0.4, 0.5) is 0 Å². The van der Waals surface area contributed by atoms with E-state index < -0.39 is 8.32 Å². The molecule has 1 unspecified atom stereocenters. The van der Waals surface area contributed by atoms with E-state index in [0.29, 0.717) is 0 Å². The Hall–Kier alpha value is -0.613. The highest BCUT2D eigenvalue weighted by Crippen LogP contribution is 2.29. The fourth-order valence-electron chi connectivity index (χ4n) is 3.10. The average Bonchev–Trinajstić information content (AvgIpc) is 2.62. The van der Waals surface area contributed by atoms with E-state index in [2.05, 4.69) is 40.7 Å². The van der Waals surface area contributed by atoms with Crippen molar-refractivity contribution in [3.05, 3.63) is 11.6 Å². The maximum absolute atomic E-state index is 12.3. The Labute approximate surface area is 151 Å². The van der Waals surface area contributed by atoms with Crippen molar-refractivity contribution in [3.8, 4) is 0 Å². The third-order valence-electron chi connectivity index (χ3n) is 5.07. The molecule has 0 bridgehead atoms. The van der Waals surface area contributed by atoms with Crippen LogP contribution in [0.2, 0.25) is 18.1 Å². The smallest absolute Gasteiger partial charge is 0.336 e. The normalized spacial score (nSPS) is 13.8. The number of unbranched alkanes of at least 4 members (excludes halogenated alkanes) is 4. The van der Waals surface area contributed by atoms with Crippen molar-refractivity contribution < 1.29 is 14.0 Å². The minimum Gasteiger partial charge on any atom is -0.466 e. The summed E-state index contributed by atoms with van der Waals surface area (Å²) in [5.74, 6) is -0.213. The molecule has 0 radical (unpaired) electrons. The highest BCUT2D eigenvalue weighted by Gasteiger charge is 2.34. The van der Waals surface area contributed by atoms with E-state index in [-0.39, 0.29) is 12.1 Å². The Morgan fingerprint density at radius 3 is 2.04 bits per heavy atom. The van der Waals surface area contributed by atoms with Gasteiger partial charge in [0.25, 0.3) is 0 Å². The van der Waals surface area contributed by atoms with Crippen LogP contribution >= 0.6 is 0 Å². The van der Waals surface area contributed by atoms with Gasteiger partial charge in [-0.2, -0.15) is 0 Å². The summed E-state index contributed by atoms with van der Waals surface area (Å²) in [7, 11) is -0.286. The van der Waals surface area contributed by atoms with Crippen molar-refractivity contribution in [2.24, 2.45) is 0 Å². The number of rotatable bonds is 14. The Morgan fingerprint density at radius 1 is 0.958 bits per heavy atom. The molecule has 0 aromatic carbocycles. The third-order valence-corrected chi connectivity index (χ3v) is 9.72. The van der Waals surface area contributed by atoms with Gasteiger partial charge in [-0.25, -0.2) is 4.79 Å². The van der Waals surface area contributed by atoms with Gasteiger partial charge in [0.1, 0.15) is 0 Å². The summed E-state index contributed by atoms with van der Waals surface area (Å²) in [5.41, 5.74) is 0.753. The van der Waals surface area contributed by atoms with Crippen LogP contribution < -0.4 is 0 Å². The van der Waals surface area contributed by atoms with Gasteiger partial charge in [-0.1, -0.05) is 72.8 Å². The molecule has 0 saturated carbocycles. The molecule has 0 N–H and O–H groups in total. The minimum absolute atomic E-state index is 0.0904. The van der Waals surface area contributed by atoms with E-state index >= 15 is 0 Å². The summed E-state index contributed by atoms with van der Waals surface area (Å²) < 4.78 is 11.8. The molecule has 142 valence electrons. The molecule has 0 heterocycles. The number of ether oxygens (including phenoxy) is 1. The lowest BCUT2D eigenvalue weighted by molar-refractivity contribution is -0.137. The largest absolute Gasteiger partial charge is 0.466 e. The number of carbonyl (C=O) groups is 1. The van der Waals surface area contributed by atoms with Gasteiger partial charge in [0.2, 0.25) is 0 Å². The molecule has 0 aliphatic carbocycles. The predicted octanol–water partition coefficient (Wildman–Crippen LogP) is 6.25. The maximum atomic E-state index is 12.3. The first-order valence-electron chi connectivity index (χ1n) is 10.00. The zero-order valence-electron chi connectivity index (χ0n) is 17.0. The van der Waals surface area contributed by atoms with Crippen molar-refractivity contribution in [3.63, 3.8) is 0 Å². The van der Waals surface area contributed by atoms with E-state index in [0.717, 1.165) is 49.4 Å². The molecule has 0 amide bonds. The number of carbonyl (C=O) groups excluding carboxylic acids is 1. The fraction of sp³-hybridized carbons (Fsp3) is 0.850. The van der Waals surface area contributed by atoms with Crippen LogP contribution in [0.15, 0.2) is 11.6 Å². The summed E-state index contributed by atoms with van der Waals surface area (Å²) in [6.45, 7) is 11.1. The molecule has 24 heavy (non-hydrogen) atoms. The standard InChI is InChI=1S/C20H40O3Si/c1-7-12-14-15-17-19(23-24(9-3,10-4)11-5)18(16-13-8-2)20(21)22-6/h16,19H,7-15,17H2,1-6H3/b18-16-. The summed E-state index contributed by atoms with van der Waals surface area (Å²) in [4.78, 5) is 12.3. The lowest BCUT2D eigenvalue weighted by Crippen LogP contribution is -2.41. The number of esters is 1. The number of hydrogen-bond acceptors (Lipinski definition) is 3. The second-order valence-corrected chi connectivity index (χ2v) is 11.4. The van der Waals surface area contributed by atoms with Crippen LogP contribution in [0.25, 0.3) is 0 Å². The predicted molar refractivity (Wildman–Crippen MR) is 106 cm³/mol. The summed E-state index contributed by atoms with van der Waals surface area (Å²) in [6, 6.07) is 3.31. The SMILES string of the molecule is CCC/C=C(\C(=O)OC)C(CCCCCC)O[Si](CC)(CC)CC. The molecule has 3 nitrogen and oxygen atoms in total. The first-order valence-corrected chi connectivity index (χ1v) is 12.5. The Bertz CT molecular complexity index is 354. The number of methoxy groups -OCH3 is 1. The van der Waals surface area contributed by atoms with E-state index in [4.69, 9.17) is 9.16 Å². The molecule has 0 aliphatic heterocycles. The summed E-state index contributed by atoms with van der Waals surface area (Å²) in [6.07, 6.45) is 9.61. The van der Waals surface area contributed by atoms with Crippen molar-refractivity contribution in [1.29, 1.82) is 0 Å². The zero-order chi connectivity index (χ0) is 18.4. The highest BCUT2D eigenvalue weighted by atomic mass is 28.4. The third kappa shape index (κ3) is 7.97. The second-order valence-electron chi connectivity index (χ2n) is 6.64. The van der Waals surface area contributed by atoms with Gasteiger partial charge in [-0.3, -0.25) is 0 Å². The lowest BCUT2D eigenvalue weighted by atomic mass is 10.0. The topological polar surface area (TPSA) is 35.5 Å². The van der Waals surface area contributed by atoms with Crippen LogP contribution in [0.1, 0.15) is 79.6 Å². The van der Waals surface area contributed by atoms with Crippen LogP contribution in [0, 0.1) is 0 Å². The Morgan fingerprint density at radius 2 is 1.58 bits per heavy atom. The average molecular weight is 357 g/mol. The monoisotopic (exact) mass is 356 g/mol. The quantitative estimate of drug-likeness (QED) is 0.160. The summed E-state index contributed by atoms with van der Waals surface area (Å²) in [5, 5.41) is 0. The van der Waals surface area contributed by atoms with Crippen LogP contribution in [0.5, 0.6) is 0 Å². The molecule has 0 aromatic rings. The molecule has 4 heteroatoms. The van der Waals surface area contributed by atoms with E-state index in [1.54, 1.807) is 0 Å². The molecule has 0 aromatic heterocycles. The van der Waals surface area contributed by atoms with Crippen LogP contribution in [-0.4, -0.2) is 27.5 Å². The molecule has 0 spiro atoms. The minimum atomic E-state index is -1.76. The maximum Gasteiger partial charge on any atom is 0.336 e. The van der Waals surface area contributed by atoms with Crippen LogP contribution in [0.3, 0.4) is 0 Å². The van der Waals surface area contributed by atoms with E-state index in [1.807, 2.05) is 0 Å². The van der Waals surface area contributed by atoms with Gasteiger partial charge in [-0.15, -0.1) is 0 Å². The van der Waals surface area contributed by atoms with E-state index in [1.165, 1.54) is 26.4 Å². The van der Waals surface area contributed by atoms with Gasteiger partial charge < -0.3 is 9.16 Å². The van der Waals surface area contributed by atoms with E-state index in [9.17, 15) is 4.79 Å². The van der Waals surface area contributed by atoms with Crippen molar-refractivity contribution in [1.82, 2.24) is 0 Å². The van der Waals surface area contributed by atoms with Gasteiger partial charge in [-0.05, 0) is 31.0 Å². The van der Waals surface area contributed by atoms with Crippen LogP contribution in [-0.2, 0) is 14.0 Å². The molecule has 0 saturated heterocycles. The molecule has 0 fully saturated rings. The van der Waals surface area contributed by atoms with Gasteiger partial charge in [0.05, 0.1) is 18.8 Å². The molecule has 0 aliphatic rings. The summed E-state index contributed by atoms with van der Waals surface area (Å²) >= 11 is 0.